The van der Waals surface area contributed by atoms with Crippen LogP contribution in [0.25, 0.3) is 10.9 Å². The standard InChI is InChI=1S/C19H20ClN3O/c1-14(10-11-15-6-3-2-4-7-15)22-19(24)13-23-18-9-5-8-17(20)16(18)12-21-23/h2-9,12,14H,10-11,13H2,1H3,(H,22,24). The molecule has 1 aromatic heterocycles. The number of hydrogen-bond donors (Lipinski definition) is 1. The van der Waals surface area contributed by atoms with Gasteiger partial charge in [0, 0.05) is 11.4 Å². The molecule has 0 spiro atoms. The van der Waals surface area contributed by atoms with Crippen molar-refractivity contribution in [3.05, 3.63) is 65.3 Å². The number of rotatable bonds is 6. The number of benzene rings is 2. The van der Waals surface area contributed by atoms with E-state index in [-0.39, 0.29) is 18.5 Å². The SMILES string of the molecule is CC(CCc1ccccc1)NC(=O)Cn1ncc2c(Cl)cccc21. The van der Waals surface area contributed by atoms with Gasteiger partial charge in [0.05, 0.1) is 16.7 Å². The number of aromatic nitrogens is 2. The van der Waals surface area contributed by atoms with Crippen LogP contribution in [0.5, 0.6) is 0 Å². The van der Waals surface area contributed by atoms with Crippen molar-refractivity contribution in [1.82, 2.24) is 15.1 Å². The summed E-state index contributed by atoms with van der Waals surface area (Å²) in [6.07, 6.45) is 3.55. The van der Waals surface area contributed by atoms with Gasteiger partial charge in [0.25, 0.3) is 0 Å². The summed E-state index contributed by atoms with van der Waals surface area (Å²) in [5.74, 6) is -0.0412. The quantitative estimate of drug-likeness (QED) is 0.740. The molecule has 1 heterocycles. The normalized spacial score (nSPS) is 12.2. The molecule has 0 saturated heterocycles. The number of halogens is 1. The Bertz CT molecular complexity index is 829. The molecule has 0 radical (unpaired) electrons. The molecule has 3 rings (SSSR count). The third kappa shape index (κ3) is 3.95. The summed E-state index contributed by atoms with van der Waals surface area (Å²) in [5, 5.41) is 8.82. The van der Waals surface area contributed by atoms with Crippen LogP contribution in [0.2, 0.25) is 5.02 Å². The average molecular weight is 342 g/mol. The van der Waals surface area contributed by atoms with Crippen molar-refractivity contribution in [2.45, 2.75) is 32.4 Å². The van der Waals surface area contributed by atoms with Gasteiger partial charge < -0.3 is 5.32 Å². The molecule has 0 aliphatic heterocycles. The summed E-state index contributed by atoms with van der Waals surface area (Å²) in [6.45, 7) is 2.22. The Balaban J connectivity index is 1.55. The first-order valence-corrected chi connectivity index (χ1v) is 8.44. The first-order chi connectivity index (χ1) is 11.6. The van der Waals surface area contributed by atoms with Crippen molar-refractivity contribution in [1.29, 1.82) is 0 Å². The predicted molar refractivity (Wildman–Crippen MR) is 97.1 cm³/mol. The highest BCUT2D eigenvalue weighted by atomic mass is 35.5. The number of hydrogen-bond acceptors (Lipinski definition) is 2. The zero-order valence-electron chi connectivity index (χ0n) is 13.6. The Hall–Kier alpha value is -2.33. The fourth-order valence-electron chi connectivity index (χ4n) is 2.75. The van der Waals surface area contributed by atoms with E-state index in [0.717, 1.165) is 23.7 Å². The molecule has 4 nitrogen and oxygen atoms in total. The maximum Gasteiger partial charge on any atom is 0.241 e. The summed E-state index contributed by atoms with van der Waals surface area (Å²) < 4.78 is 1.68. The molecule has 24 heavy (non-hydrogen) atoms. The van der Waals surface area contributed by atoms with Crippen molar-refractivity contribution >= 4 is 28.4 Å². The monoisotopic (exact) mass is 341 g/mol. The molecule has 1 N–H and O–H groups in total. The van der Waals surface area contributed by atoms with E-state index in [1.807, 2.05) is 43.3 Å². The Kier molecular flexibility index (Phi) is 5.16. The van der Waals surface area contributed by atoms with Gasteiger partial charge in [-0.2, -0.15) is 5.10 Å². The largest absolute Gasteiger partial charge is 0.352 e. The first-order valence-electron chi connectivity index (χ1n) is 8.07. The molecule has 1 unspecified atom stereocenters. The van der Waals surface area contributed by atoms with Gasteiger partial charge >= 0.3 is 0 Å². The van der Waals surface area contributed by atoms with E-state index in [4.69, 9.17) is 11.6 Å². The number of fused-ring (bicyclic) bond motifs is 1. The van der Waals surface area contributed by atoms with E-state index in [9.17, 15) is 4.79 Å². The average Bonchev–Trinajstić information content (AvgIpc) is 2.98. The van der Waals surface area contributed by atoms with Crippen LogP contribution in [0.3, 0.4) is 0 Å². The van der Waals surface area contributed by atoms with Crippen LogP contribution >= 0.6 is 11.6 Å². The van der Waals surface area contributed by atoms with E-state index in [2.05, 4.69) is 22.5 Å². The van der Waals surface area contributed by atoms with Gasteiger partial charge in [0.15, 0.2) is 0 Å². The summed E-state index contributed by atoms with van der Waals surface area (Å²) in [4.78, 5) is 12.3. The van der Waals surface area contributed by atoms with Crippen LogP contribution in [0.4, 0.5) is 0 Å². The van der Waals surface area contributed by atoms with Gasteiger partial charge in [0.2, 0.25) is 5.91 Å². The summed E-state index contributed by atoms with van der Waals surface area (Å²) in [7, 11) is 0. The van der Waals surface area contributed by atoms with Crippen LogP contribution in [0, 0.1) is 0 Å². The third-order valence-corrected chi connectivity index (χ3v) is 4.37. The van der Waals surface area contributed by atoms with Crippen molar-refractivity contribution in [2.24, 2.45) is 0 Å². The Morgan fingerprint density at radius 2 is 2.00 bits per heavy atom. The second-order valence-electron chi connectivity index (χ2n) is 5.97. The Labute approximate surface area is 146 Å². The van der Waals surface area contributed by atoms with Gasteiger partial charge in [0.1, 0.15) is 6.54 Å². The molecule has 3 aromatic rings. The summed E-state index contributed by atoms with van der Waals surface area (Å²) in [5.41, 5.74) is 2.15. The predicted octanol–water partition coefficient (Wildman–Crippen LogP) is 3.83. The van der Waals surface area contributed by atoms with Crippen molar-refractivity contribution in [2.75, 3.05) is 0 Å². The number of amides is 1. The van der Waals surface area contributed by atoms with E-state index in [1.54, 1.807) is 10.9 Å². The smallest absolute Gasteiger partial charge is 0.241 e. The minimum atomic E-state index is -0.0412. The molecule has 1 amide bonds. The maximum atomic E-state index is 12.3. The topological polar surface area (TPSA) is 46.9 Å². The maximum absolute atomic E-state index is 12.3. The van der Waals surface area contributed by atoms with Crippen LogP contribution in [-0.4, -0.2) is 21.7 Å². The minimum absolute atomic E-state index is 0.0412. The molecule has 0 bridgehead atoms. The molecule has 2 aromatic carbocycles. The zero-order valence-corrected chi connectivity index (χ0v) is 14.3. The van der Waals surface area contributed by atoms with Crippen LogP contribution < -0.4 is 5.32 Å². The molecule has 5 heteroatoms. The van der Waals surface area contributed by atoms with E-state index in [0.29, 0.717) is 5.02 Å². The van der Waals surface area contributed by atoms with E-state index >= 15 is 0 Å². The van der Waals surface area contributed by atoms with E-state index < -0.39 is 0 Å². The van der Waals surface area contributed by atoms with Crippen LogP contribution in [0.15, 0.2) is 54.7 Å². The lowest BCUT2D eigenvalue weighted by Crippen LogP contribution is -2.35. The lowest BCUT2D eigenvalue weighted by atomic mass is 10.1. The van der Waals surface area contributed by atoms with Gasteiger partial charge in [-0.25, -0.2) is 0 Å². The Morgan fingerprint density at radius 3 is 2.79 bits per heavy atom. The van der Waals surface area contributed by atoms with E-state index in [1.165, 1.54) is 5.56 Å². The van der Waals surface area contributed by atoms with Crippen molar-refractivity contribution < 1.29 is 4.79 Å². The Morgan fingerprint density at radius 1 is 1.21 bits per heavy atom. The molecule has 0 saturated carbocycles. The summed E-state index contributed by atoms with van der Waals surface area (Å²) >= 11 is 6.14. The second kappa shape index (κ2) is 7.49. The highest BCUT2D eigenvalue weighted by Gasteiger charge is 2.11. The zero-order chi connectivity index (χ0) is 16.9. The molecular weight excluding hydrogens is 322 g/mol. The van der Waals surface area contributed by atoms with Gasteiger partial charge in [-0.15, -0.1) is 0 Å². The molecular formula is C19H20ClN3O. The van der Waals surface area contributed by atoms with Gasteiger partial charge in [-0.3, -0.25) is 9.48 Å². The number of nitrogens with one attached hydrogen (secondary N) is 1. The highest BCUT2D eigenvalue weighted by Crippen LogP contribution is 2.22. The number of nitrogens with zero attached hydrogens (tertiary/aromatic N) is 2. The third-order valence-electron chi connectivity index (χ3n) is 4.04. The van der Waals surface area contributed by atoms with Gasteiger partial charge in [-0.05, 0) is 37.5 Å². The minimum Gasteiger partial charge on any atom is -0.352 e. The van der Waals surface area contributed by atoms with Crippen molar-refractivity contribution in [3.63, 3.8) is 0 Å². The molecule has 1 atom stereocenters. The van der Waals surface area contributed by atoms with Crippen LogP contribution in [0.1, 0.15) is 18.9 Å². The lowest BCUT2D eigenvalue weighted by Gasteiger charge is -2.14. The van der Waals surface area contributed by atoms with Crippen LogP contribution in [-0.2, 0) is 17.8 Å². The molecule has 0 aliphatic carbocycles. The molecule has 124 valence electrons. The first kappa shape index (κ1) is 16.5. The number of carbonyl (C=O) groups is 1. The fraction of sp³-hybridized carbons (Fsp3) is 0.263. The van der Waals surface area contributed by atoms with Crippen molar-refractivity contribution in [3.8, 4) is 0 Å². The number of aryl methyl sites for hydroxylation is 1. The molecule has 0 aliphatic rings. The second-order valence-corrected chi connectivity index (χ2v) is 6.37. The fourth-order valence-corrected chi connectivity index (χ4v) is 2.97. The van der Waals surface area contributed by atoms with Gasteiger partial charge in [-0.1, -0.05) is 48.0 Å². The highest BCUT2D eigenvalue weighted by molar-refractivity contribution is 6.35. The number of carbonyl (C=O) groups excluding carboxylic acids is 1. The lowest BCUT2D eigenvalue weighted by molar-refractivity contribution is -0.122. The summed E-state index contributed by atoms with van der Waals surface area (Å²) in [6, 6.07) is 16.0. The molecule has 0 fully saturated rings.